The number of hydrogen-bond donors (Lipinski definition) is 2. The lowest BCUT2D eigenvalue weighted by Crippen LogP contribution is -2.51. The summed E-state index contributed by atoms with van der Waals surface area (Å²) in [6.45, 7) is 2.85. The third-order valence-electron chi connectivity index (χ3n) is 7.21. The van der Waals surface area contributed by atoms with E-state index < -0.39 is 0 Å². The highest BCUT2D eigenvalue weighted by atomic mass is 16.2. The van der Waals surface area contributed by atoms with E-state index in [1.165, 1.54) is 38.5 Å². The highest BCUT2D eigenvalue weighted by Crippen LogP contribution is 2.59. The van der Waals surface area contributed by atoms with Crippen LogP contribution in [0.4, 0.5) is 0 Å². The minimum Gasteiger partial charge on any atom is -0.350 e. The molecule has 0 unspecified atom stereocenters. The van der Waals surface area contributed by atoms with Crippen LogP contribution in [-0.4, -0.2) is 40.5 Å². The van der Waals surface area contributed by atoms with Crippen molar-refractivity contribution in [3.63, 3.8) is 0 Å². The molecule has 0 aromatic carbocycles. The summed E-state index contributed by atoms with van der Waals surface area (Å²) in [5.41, 5.74) is 0.846. The summed E-state index contributed by atoms with van der Waals surface area (Å²) in [5.74, 6) is 2.72. The van der Waals surface area contributed by atoms with Crippen molar-refractivity contribution in [3.8, 4) is 0 Å². The third kappa shape index (κ3) is 2.98. The van der Waals surface area contributed by atoms with Crippen molar-refractivity contribution in [2.45, 2.75) is 57.4 Å². The Kier molecular flexibility index (Phi) is 3.84. The molecule has 25 heavy (non-hydrogen) atoms. The zero-order chi connectivity index (χ0) is 16.9. The Morgan fingerprint density at radius 3 is 2.44 bits per heavy atom. The second kappa shape index (κ2) is 6.08. The molecule has 1 amide bonds. The quantitative estimate of drug-likeness (QED) is 0.879. The number of nitrogens with one attached hydrogen (secondary N) is 2. The summed E-state index contributed by atoms with van der Waals surface area (Å²) in [6, 6.07) is 0.374. The van der Waals surface area contributed by atoms with Gasteiger partial charge in [-0.3, -0.25) is 4.79 Å². The molecular weight excluding hydrogens is 314 g/mol. The fourth-order valence-electron chi connectivity index (χ4n) is 6.50. The van der Waals surface area contributed by atoms with Gasteiger partial charge in [0.15, 0.2) is 5.69 Å². The lowest BCUT2D eigenvalue weighted by molar-refractivity contribution is -0.0503. The lowest BCUT2D eigenvalue weighted by atomic mass is 9.49. The molecule has 0 radical (unpaired) electrons. The van der Waals surface area contributed by atoms with Crippen LogP contribution < -0.4 is 10.6 Å². The highest BCUT2D eigenvalue weighted by molar-refractivity contribution is 5.91. The Morgan fingerprint density at radius 2 is 1.80 bits per heavy atom. The summed E-state index contributed by atoms with van der Waals surface area (Å²) in [6.07, 6.45) is 12.2. The molecule has 5 fully saturated rings. The summed E-state index contributed by atoms with van der Waals surface area (Å²) in [5, 5.41) is 14.9. The van der Waals surface area contributed by atoms with E-state index in [9.17, 15) is 4.79 Å². The number of aromatic nitrogens is 3. The molecular formula is C19H29N5O. The van der Waals surface area contributed by atoms with E-state index in [-0.39, 0.29) is 5.91 Å². The van der Waals surface area contributed by atoms with Gasteiger partial charge in [-0.1, -0.05) is 5.21 Å². The number of nitrogens with zero attached hydrogens (tertiary/aromatic N) is 3. The average molecular weight is 343 g/mol. The van der Waals surface area contributed by atoms with E-state index in [0.29, 0.717) is 17.2 Å². The van der Waals surface area contributed by atoms with E-state index in [2.05, 4.69) is 20.9 Å². The zero-order valence-electron chi connectivity index (χ0n) is 14.9. The fraction of sp³-hybridized carbons (Fsp3) is 0.842. The van der Waals surface area contributed by atoms with Gasteiger partial charge in [0.25, 0.3) is 5.91 Å². The maximum Gasteiger partial charge on any atom is 0.273 e. The molecule has 0 atom stereocenters. The zero-order valence-corrected chi connectivity index (χ0v) is 14.9. The van der Waals surface area contributed by atoms with Crippen LogP contribution >= 0.6 is 0 Å². The van der Waals surface area contributed by atoms with E-state index in [1.54, 1.807) is 0 Å². The molecule has 1 aromatic heterocycles. The fourth-order valence-corrected chi connectivity index (χ4v) is 6.50. The molecule has 6 rings (SSSR count). The molecule has 2 N–H and O–H groups in total. The van der Waals surface area contributed by atoms with Crippen LogP contribution in [0.5, 0.6) is 0 Å². The van der Waals surface area contributed by atoms with Crippen LogP contribution in [0.15, 0.2) is 6.20 Å². The van der Waals surface area contributed by atoms with Gasteiger partial charge in [0.1, 0.15) is 0 Å². The molecule has 2 heterocycles. The molecule has 1 saturated heterocycles. The SMILES string of the molecule is O=C(NCC12CC3CC(CC(C3)C1)C2)c1cn(C2CCNCC2)nn1. The van der Waals surface area contributed by atoms with Gasteiger partial charge < -0.3 is 10.6 Å². The molecule has 5 aliphatic rings. The van der Waals surface area contributed by atoms with Crippen molar-refractivity contribution >= 4 is 5.91 Å². The largest absolute Gasteiger partial charge is 0.350 e. The first kappa shape index (κ1) is 15.8. The van der Waals surface area contributed by atoms with Gasteiger partial charge in [0, 0.05) is 6.54 Å². The van der Waals surface area contributed by atoms with Crippen LogP contribution in [0.25, 0.3) is 0 Å². The van der Waals surface area contributed by atoms with Crippen molar-refractivity contribution in [2.24, 2.45) is 23.2 Å². The highest BCUT2D eigenvalue weighted by Gasteiger charge is 2.50. The van der Waals surface area contributed by atoms with Crippen LogP contribution in [0.1, 0.15) is 67.9 Å². The number of carbonyl (C=O) groups is 1. The minimum atomic E-state index is -0.0454. The van der Waals surface area contributed by atoms with Crippen LogP contribution in [0, 0.1) is 23.2 Å². The Bertz CT molecular complexity index is 613. The number of carbonyl (C=O) groups excluding carboxylic acids is 1. The van der Waals surface area contributed by atoms with Gasteiger partial charge in [-0.05, 0) is 87.6 Å². The molecule has 6 nitrogen and oxygen atoms in total. The van der Waals surface area contributed by atoms with Crippen molar-refractivity contribution < 1.29 is 4.79 Å². The third-order valence-corrected chi connectivity index (χ3v) is 7.21. The van der Waals surface area contributed by atoms with Gasteiger partial charge in [0.2, 0.25) is 0 Å². The normalized spacial score (nSPS) is 37.4. The van der Waals surface area contributed by atoms with Crippen molar-refractivity contribution in [3.05, 3.63) is 11.9 Å². The average Bonchev–Trinajstić information content (AvgIpc) is 3.10. The van der Waals surface area contributed by atoms with Crippen LogP contribution in [-0.2, 0) is 0 Å². The molecule has 1 aromatic rings. The lowest BCUT2D eigenvalue weighted by Gasteiger charge is -2.56. The van der Waals surface area contributed by atoms with Crippen molar-refractivity contribution in [1.82, 2.24) is 25.6 Å². The van der Waals surface area contributed by atoms with E-state index in [4.69, 9.17) is 0 Å². The molecule has 6 heteroatoms. The Labute approximate surface area is 149 Å². The van der Waals surface area contributed by atoms with Gasteiger partial charge in [-0.15, -0.1) is 5.10 Å². The van der Waals surface area contributed by atoms with E-state index in [1.807, 2.05) is 10.9 Å². The monoisotopic (exact) mass is 343 g/mol. The topological polar surface area (TPSA) is 71.8 Å². The minimum absolute atomic E-state index is 0.0454. The summed E-state index contributed by atoms with van der Waals surface area (Å²) < 4.78 is 1.89. The molecule has 4 aliphatic carbocycles. The Hall–Kier alpha value is -1.43. The standard InChI is InChI=1S/C19H29N5O/c25-18(17-11-24(23-22-17)16-1-3-20-4-2-16)21-12-19-8-13-5-14(9-19)7-15(6-13)10-19/h11,13-16,20H,1-10,12H2,(H,21,25). The molecule has 0 spiro atoms. The van der Waals surface area contributed by atoms with Crippen LogP contribution in [0.2, 0.25) is 0 Å². The molecule has 4 bridgehead atoms. The van der Waals surface area contributed by atoms with Gasteiger partial charge in [0.05, 0.1) is 12.2 Å². The number of amides is 1. The van der Waals surface area contributed by atoms with Crippen molar-refractivity contribution in [1.29, 1.82) is 0 Å². The van der Waals surface area contributed by atoms with Gasteiger partial charge in [-0.2, -0.15) is 0 Å². The van der Waals surface area contributed by atoms with E-state index in [0.717, 1.165) is 50.2 Å². The first-order chi connectivity index (χ1) is 12.2. The first-order valence-electron chi connectivity index (χ1n) is 10.1. The smallest absolute Gasteiger partial charge is 0.273 e. The number of piperidine rings is 1. The predicted molar refractivity (Wildman–Crippen MR) is 94.1 cm³/mol. The van der Waals surface area contributed by atoms with E-state index >= 15 is 0 Å². The Balaban J connectivity index is 1.22. The maximum atomic E-state index is 12.6. The number of hydrogen-bond acceptors (Lipinski definition) is 4. The number of rotatable bonds is 4. The molecule has 1 aliphatic heterocycles. The van der Waals surface area contributed by atoms with Crippen LogP contribution in [0.3, 0.4) is 0 Å². The molecule has 4 saturated carbocycles. The first-order valence-corrected chi connectivity index (χ1v) is 10.1. The van der Waals surface area contributed by atoms with Crippen molar-refractivity contribution in [2.75, 3.05) is 19.6 Å². The second-order valence-corrected chi connectivity index (χ2v) is 9.17. The summed E-state index contributed by atoms with van der Waals surface area (Å²) in [7, 11) is 0. The van der Waals surface area contributed by atoms with Gasteiger partial charge >= 0.3 is 0 Å². The molecule has 136 valence electrons. The van der Waals surface area contributed by atoms with Gasteiger partial charge in [-0.25, -0.2) is 4.68 Å². The summed E-state index contributed by atoms with van der Waals surface area (Å²) >= 11 is 0. The summed E-state index contributed by atoms with van der Waals surface area (Å²) in [4.78, 5) is 12.6. The predicted octanol–water partition coefficient (Wildman–Crippen LogP) is 2.15. The Morgan fingerprint density at radius 1 is 1.16 bits per heavy atom. The maximum absolute atomic E-state index is 12.6. The second-order valence-electron chi connectivity index (χ2n) is 9.17.